The summed E-state index contributed by atoms with van der Waals surface area (Å²) in [5.41, 5.74) is 2.65. The van der Waals surface area contributed by atoms with Crippen molar-refractivity contribution in [2.45, 2.75) is 12.4 Å². The van der Waals surface area contributed by atoms with Crippen LogP contribution in [0.1, 0.15) is 15.9 Å². The van der Waals surface area contributed by atoms with Crippen molar-refractivity contribution in [2.75, 3.05) is 12.3 Å². The molecule has 0 bridgehead atoms. The van der Waals surface area contributed by atoms with E-state index in [0.717, 1.165) is 12.1 Å². The summed E-state index contributed by atoms with van der Waals surface area (Å²) in [6.07, 6.45) is -9.43. The minimum Gasteiger partial charge on any atom is -0.398 e. The van der Waals surface area contributed by atoms with Gasteiger partial charge in [-0.05, 0) is 18.2 Å². The van der Waals surface area contributed by atoms with Gasteiger partial charge in [0.15, 0.2) is 0 Å². The molecule has 106 valence electrons. The average Bonchev–Trinajstić information content (AvgIpc) is 2.24. The van der Waals surface area contributed by atoms with Crippen LogP contribution in [-0.2, 0) is 6.18 Å². The van der Waals surface area contributed by atoms with E-state index >= 15 is 0 Å². The molecule has 0 saturated carbocycles. The quantitative estimate of drug-likeness (QED) is 0.648. The van der Waals surface area contributed by atoms with Crippen LogP contribution in [0.2, 0.25) is 0 Å². The van der Waals surface area contributed by atoms with Crippen molar-refractivity contribution >= 4 is 11.6 Å². The first-order valence-electron chi connectivity index (χ1n) is 4.82. The maximum absolute atomic E-state index is 12.5. The molecule has 9 heteroatoms. The van der Waals surface area contributed by atoms with Gasteiger partial charge in [-0.25, -0.2) is 0 Å². The van der Waals surface area contributed by atoms with E-state index < -0.39 is 41.6 Å². The Bertz CT molecular complexity index is 480. The third-order valence-electron chi connectivity index (χ3n) is 2.07. The van der Waals surface area contributed by atoms with Gasteiger partial charge in [0, 0.05) is 11.3 Å². The number of carbonyl (C=O) groups excluding carboxylic acids is 1. The van der Waals surface area contributed by atoms with Crippen LogP contribution in [0.25, 0.3) is 0 Å². The molecule has 19 heavy (non-hydrogen) atoms. The molecule has 3 N–H and O–H groups in total. The SMILES string of the molecule is Nc1ccc(C(=O)NCC(F)(F)F)cc1C(F)(F)F. The zero-order valence-corrected chi connectivity index (χ0v) is 9.19. The highest BCUT2D eigenvalue weighted by Gasteiger charge is 2.34. The number of nitrogens with two attached hydrogens (primary N) is 1. The first-order valence-corrected chi connectivity index (χ1v) is 4.82. The highest BCUT2D eigenvalue weighted by molar-refractivity contribution is 5.94. The molecule has 0 aliphatic heterocycles. The molecule has 0 heterocycles. The normalized spacial score (nSPS) is 12.3. The van der Waals surface area contributed by atoms with E-state index in [9.17, 15) is 31.1 Å². The van der Waals surface area contributed by atoms with Gasteiger partial charge in [-0.1, -0.05) is 0 Å². The zero-order valence-electron chi connectivity index (χ0n) is 9.19. The van der Waals surface area contributed by atoms with Gasteiger partial charge in [0.05, 0.1) is 5.56 Å². The van der Waals surface area contributed by atoms with Crippen LogP contribution in [0.5, 0.6) is 0 Å². The lowest BCUT2D eigenvalue weighted by atomic mass is 10.1. The lowest BCUT2D eigenvalue weighted by molar-refractivity contribution is -0.137. The molecule has 0 aliphatic rings. The van der Waals surface area contributed by atoms with Gasteiger partial charge in [0.1, 0.15) is 6.54 Å². The average molecular weight is 286 g/mol. The Morgan fingerprint density at radius 3 is 2.21 bits per heavy atom. The highest BCUT2D eigenvalue weighted by atomic mass is 19.4. The molecule has 0 unspecified atom stereocenters. The lowest BCUT2D eigenvalue weighted by Gasteiger charge is -2.12. The number of nitrogens with one attached hydrogen (secondary N) is 1. The lowest BCUT2D eigenvalue weighted by Crippen LogP contribution is -2.33. The number of rotatable bonds is 2. The number of halogens is 6. The number of hydrogen-bond donors (Lipinski definition) is 2. The number of benzene rings is 1. The minimum atomic E-state index is -4.79. The van der Waals surface area contributed by atoms with E-state index in [1.165, 1.54) is 5.32 Å². The molecule has 0 spiro atoms. The highest BCUT2D eigenvalue weighted by Crippen LogP contribution is 2.34. The van der Waals surface area contributed by atoms with Crippen LogP contribution in [-0.4, -0.2) is 18.6 Å². The Morgan fingerprint density at radius 2 is 1.74 bits per heavy atom. The second-order valence-corrected chi connectivity index (χ2v) is 3.60. The molecule has 1 amide bonds. The summed E-state index contributed by atoms with van der Waals surface area (Å²) in [5, 5.41) is 1.46. The second-order valence-electron chi connectivity index (χ2n) is 3.60. The van der Waals surface area contributed by atoms with Crippen molar-refractivity contribution < 1.29 is 31.1 Å². The Balaban J connectivity index is 2.94. The standard InChI is InChI=1S/C10H8F6N2O/c11-9(12,13)4-18-8(19)5-1-2-7(17)6(3-5)10(14,15)16/h1-3H,4,17H2,(H,18,19). The summed E-state index contributed by atoms with van der Waals surface area (Å²) in [5.74, 6) is -1.26. The van der Waals surface area contributed by atoms with Crippen molar-refractivity contribution in [1.29, 1.82) is 0 Å². The van der Waals surface area contributed by atoms with E-state index in [4.69, 9.17) is 5.73 Å². The second kappa shape index (κ2) is 4.98. The van der Waals surface area contributed by atoms with E-state index in [0.29, 0.717) is 6.07 Å². The molecule has 0 aliphatic carbocycles. The number of alkyl halides is 6. The van der Waals surface area contributed by atoms with Gasteiger partial charge in [-0.3, -0.25) is 4.79 Å². The van der Waals surface area contributed by atoms with Crippen LogP contribution in [0.3, 0.4) is 0 Å². The maximum Gasteiger partial charge on any atom is 0.418 e. The largest absolute Gasteiger partial charge is 0.418 e. The summed E-state index contributed by atoms with van der Waals surface area (Å²) < 4.78 is 73.0. The molecule has 1 aromatic rings. The van der Waals surface area contributed by atoms with E-state index in [1.54, 1.807) is 0 Å². The number of nitrogen functional groups attached to an aromatic ring is 1. The summed E-state index contributed by atoms with van der Waals surface area (Å²) in [6, 6.07) is 2.13. The molecule has 0 fully saturated rings. The molecule has 0 aromatic heterocycles. The smallest absolute Gasteiger partial charge is 0.398 e. The van der Waals surface area contributed by atoms with Crippen molar-refractivity contribution in [3.63, 3.8) is 0 Å². The Kier molecular flexibility index (Phi) is 3.97. The third-order valence-corrected chi connectivity index (χ3v) is 2.07. The first kappa shape index (κ1) is 15.1. The van der Waals surface area contributed by atoms with Crippen LogP contribution in [0, 0.1) is 0 Å². The fourth-order valence-electron chi connectivity index (χ4n) is 1.23. The fraction of sp³-hybridized carbons (Fsp3) is 0.300. The molecular weight excluding hydrogens is 278 g/mol. The van der Waals surface area contributed by atoms with E-state index in [-0.39, 0.29) is 0 Å². The molecular formula is C10H8F6N2O. The van der Waals surface area contributed by atoms with Crippen molar-refractivity contribution in [1.82, 2.24) is 5.32 Å². The summed E-state index contributed by atoms with van der Waals surface area (Å²) in [7, 11) is 0. The van der Waals surface area contributed by atoms with Crippen LogP contribution >= 0.6 is 0 Å². The van der Waals surface area contributed by atoms with Crippen LogP contribution in [0.15, 0.2) is 18.2 Å². The van der Waals surface area contributed by atoms with Crippen LogP contribution in [0.4, 0.5) is 32.0 Å². The molecule has 3 nitrogen and oxygen atoms in total. The Labute approximate surface area is 103 Å². The minimum absolute atomic E-state index is 0.404. The van der Waals surface area contributed by atoms with Gasteiger partial charge in [0.2, 0.25) is 0 Å². The van der Waals surface area contributed by atoms with Gasteiger partial charge in [0.25, 0.3) is 5.91 Å². The fourth-order valence-corrected chi connectivity index (χ4v) is 1.23. The predicted octanol–water partition coefficient (Wildman–Crippen LogP) is 2.58. The molecule has 1 aromatic carbocycles. The van der Waals surface area contributed by atoms with Crippen molar-refractivity contribution in [3.8, 4) is 0 Å². The van der Waals surface area contributed by atoms with Gasteiger partial charge < -0.3 is 11.1 Å². The van der Waals surface area contributed by atoms with Gasteiger partial charge in [-0.2, -0.15) is 26.3 Å². The Morgan fingerprint density at radius 1 is 1.16 bits per heavy atom. The van der Waals surface area contributed by atoms with Gasteiger partial charge in [-0.15, -0.1) is 0 Å². The van der Waals surface area contributed by atoms with E-state index in [1.807, 2.05) is 0 Å². The molecule has 1 rings (SSSR count). The predicted molar refractivity (Wildman–Crippen MR) is 54.2 cm³/mol. The van der Waals surface area contributed by atoms with Gasteiger partial charge >= 0.3 is 12.4 Å². The summed E-state index contributed by atoms with van der Waals surface area (Å²) in [4.78, 5) is 11.3. The maximum atomic E-state index is 12.5. The van der Waals surface area contributed by atoms with Crippen molar-refractivity contribution in [2.24, 2.45) is 0 Å². The number of amides is 1. The monoisotopic (exact) mass is 286 g/mol. The topological polar surface area (TPSA) is 55.1 Å². The number of anilines is 1. The third kappa shape index (κ3) is 4.34. The summed E-state index contributed by atoms with van der Waals surface area (Å²) in [6.45, 7) is -1.63. The zero-order chi connectivity index (χ0) is 14.8. The van der Waals surface area contributed by atoms with Crippen LogP contribution < -0.4 is 11.1 Å². The first-order chi connectivity index (χ1) is 8.50. The van der Waals surface area contributed by atoms with E-state index in [2.05, 4.69) is 0 Å². The molecule has 0 saturated heterocycles. The number of hydrogen-bond acceptors (Lipinski definition) is 2. The molecule has 0 atom stereocenters. The van der Waals surface area contributed by atoms with Crippen molar-refractivity contribution in [3.05, 3.63) is 29.3 Å². The molecule has 0 radical (unpaired) electrons. The number of carbonyl (C=O) groups is 1. The summed E-state index contributed by atoms with van der Waals surface area (Å²) >= 11 is 0. The Hall–Kier alpha value is -1.93.